The Labute approximate surface area is 125 Å². The van der Waals surface area contributed by atoms with Crippen LogP contribution in [0.3, 0.4) is 0 Å². The molecule has 0 spiro atoms. The molecule has 1 aromatic rings. The fourth-order valence-electron chi connectivity index (χ4n) is 3.25. The van der Waals surface area contributed by atoms with Crippen LogP contribution >= 0.6 is 0 Å². The molecule has 0 atom stereocenters. The molecule has 0 heterocycles. The Kier molecular flexibility index (Phi) is 5.92. The van der Waals surface area contributed by atoms with Crippen LogP contribution in [0.25, 0.3) is 0 Å². The first-order valence-electron chi connectivity index (χ1n) is 7.69. The van der Waals surface area contributed by atoms with Crippen LogP contribution in [0, 0.1) is 23.1 Å². The van der Waals surface area contributed by atoms with Gasteiger partial charge in [0.05, 0.1) is 11.9 Å². The Bertz CT molecular complexity index is 523. The smallest absolute Gasteiger partial charge is 0.141 e. The summed E-state index contributed by atoms with van der Waals surface area (Å²) in [6.07, 6.45) is 9.68. The van der Waals surface area contributed by atoms with Gasteiger partial charge in [0.25, 0.3) is 0 Å². The van der Waals surface area contributed by atoms with Crippen molar-refractivity contribution in [3.05, 3.63) is 47.5 Å². The Balaban J connectivity index is 1.83. The van der Waals surface area contributed by atoms with Gasteiger partial charge in [0.15, 0.2) is 0 Å². The van der Waals surface area contributed by atoms with Crippen molar-refractivity contribution in [1.82, 2.24) is 0 Å². The lowest BCUT2D eigenvalue weighted by Gasteiger charge is -2.28. The molecule has 21 heavy (non-hydrogen) atoms. The quantitative estimate of drug-likeness (QED) is 0.645. The maximum absolute atomic E-state index is 13.7. The molecule has 0 unspecified atom stereocenters. The van der Waals surface area contributed by atoms with Gasteiger partial charge in [0.1, 0.15) is 11.9 Å². The maximum Gasteiger partial charge on any atom is 0.141 e. The lowest BCUT2D eigenvalue weighted by molar-refractivity contribution is 0.305. The third kappa shape index (κ3) is 4.39. The van der Waals surface area contributed by atoms with Crippen molar-refractivity contribution in [1.29, 1.82) is 5.26 Å². The van der Waals surface area contributed by atoms with Crippen molar-refractivity contribution in [2.45, 2.75) is 50.9 Å². The van der Waals surface area contributed by atoms with Gasteiger partial charge in [0, 0.05) is 0 Å². The Hall–Kier alpha value is -1.69. The van der Waals surface area contributed by atoms with Crippen LogP contribution in [-0.4, -0.2) is 0 Å². The number of rotatable bonds is 5. The van der Waals surface area contributed by atoms with E-state index in [1.807, 2.05) is 12.1 Å². The number of nitrogens with zero attached hydrogens (tertiary/aromatic N) is 1. The molecule has 2 rings (SSSR count). The molecule has 0 saturated heterocycles. The van der Waals surface area contributed by atoms with Crippen molar-refractivity contribution in [3.8, 4) is 6.07 Å². The summed E-state index contributed by atoms with van der Waals surface area (Å²) in [5, 5.41) is 8.76. The minimum Gasteiger partial charge on any atom is -0.216 e. The Morgan fingerprint density at radius 3 is 2.62 bits per heavy atom. The van der Waals surface area contributed by atoms with Gasteiger partial charge in [-0.3, -0.25) is 0 Å². The van der Waals surface area contributed by atoms with Gasteiger partial charge in [0.2, 0.25) is 0 Å². The predicted octanol–water partition coefficient (Wildman–Crippen LogP) is 5.62. The summed E-state index contributed by atoms with van der Waals surface area (Å²) in [6.45, 7) is 0. The van der Waals surface area contributed by atoms with Crippen LogP contribution in [0.1, 0.15) is 62.0 Å². The second kappa shape index (κ2) is 7.93. The average molecular weight is 289 g/mol. The number of benzene rings is 1. The van der Waals surface area contributed by atoms with E-state index in [9.17, 15) is 8.78 Å². The molecule has 1 aromatic carbocycles. The molecule has 112 valence electrons. The highest BCUT2D eigenvalue weighted by Gasteiger charge is 2.22. The van der Waals surface area contributed by atoms with Crippen LogP contribution in [0.5, 0.6) is 0 Å². The summed E-state index contributed by atoms with van der Waals surface area (Å²) in [7, 11) is 0. The summed E-state index contributed by atoms with van der Waals surface area (Å²) in [6, 6.07) is 6.85. The Morgan fingerprint density at radius 2 is 2.00 bits per heavy atom. The number of hydrogen-bond acceptors (Lipinski definition) is 1. The van der Waals surface area contributed by atoms with E-state index >= 15 is 0 Å². The minimum absolute atomic E-state index is 0.119. The Morgan fingerprint density at radius 1 is 1.24 bits per heavy atom. The standard InChI is InChI=1S/C18H21F2N/c19-11-3-1-2-4-14-5-7-15(8-6-14)16-9-10-17(13-21)18(20)12-16/h3,9-12,14-15H,1-2,4-8H2/b11-3+. The van der Waals surface area contributed by atoms with E-state index in [-0.39, 0.29) is 5.56 Å². The SMILES string of the molecule is N#Cc1ccc(C2CCC(CCC/C=C/F)CC2)cc1F. The molecular formula is C18H21F2N. The molecule has 1 saturated carbocycles. The third-order valence-corrected chi connectivity index (χ3v) is 4.50. The van der Waals surface area contributed by atoms with Crippen LogP contribution in [0.2, 0.25) is 0 Å². The number of halogens is 2. The van der Waals surface area contributed by atoms with Crippen LogP contribution in [0.4, 0.5) is 8.78 Å². The predicted molar refractivity (Wildman–Crippen MR) is 79.9 cm³/mol. The molecule has 0 aromatic heterocycles. The van der Waals surface area contributed by atoms with Crippen LogP contribution in [0.15, 0.2) is 30.6 Å². The normalized spacial score (nSPS) is 22.3. The fourth-order valence-corrected chi connectivity index (χ4v) is 3.25. The van der Waals surface area contributed by atoms with Gasteiger partial charge in [-0.2, -0.15) is 5.26 Å². The zero-order valence-corrected chi connectivity index (χ0v) is 12.2. The van der Waals surface area contributed by atoms with Crippen LogP contribution in [-0.2, 0) is 0 Å². The first kappa shape index (κ1) is 15.7. The molecule has 0 aliphatic heterocycles. The van der Waals surface area contributed by atoms with E-state index in [0.29, 0.717) is 12.2 Å². The molecule has 0 N–H and O–H groups in total. The summed E-state index contributed by atoms with van der Waals surface area (Å²) in [5.41, 5.74) is 1.14. The molecule has 1 fully saturated rings. The van der Waals surface area contributed by atoms with Crippen molar-refractivity contribution >= 4 is 0 Å². The van der Waals surface area contributed by atoms with Gasteiger partial charge in [-0.1, -0.05) is 18.6 Å². The molecule has 3 heteroatoms. The van der Waals surface area contributed by atoms with Gasteiger partial charge in [-0.25, -0.2) is 8.78 Å². The van der Waals surface area contributed by atoms with Crippen molar-refractivity contribution in [2.75, 3.05) is 0 Å². The fraction of sp³-hybridized carbons (Fsp3) is 0.500. The topological polar surface area (TPSA) is 23.8 Å². The van der Waals surface area contributed by atoms with Crippen molar-refractivity contribution < 1.29 is 8.78 Å². The maximum atomic E-state index is 13.7. The molecule has 1 aliphatic carbocycles. The summed E-state index contributed by atoms with van der Waals surface area (Å²) < 4.78 is 25.5. The number of hydrogen-bond donors (Lipinski definition) is 0. The molecule has 1 aliphatic rings. The number of nitriles is 1. The second-order valence-electron chi connectivity index (χ2n) is 5.86. The van der Waals surface area contributed by atoms with E-state index in [2.05, 4.69) is 0 Å². The van der Waals surface area contributed by atoms with E-state index in [1.54, 1.807) is 12.1 Å². The molecule has 0 amide bonds. The van der Waals surface area contributed by atoms with E-state index in [0.717, 1.165) is 56.4 Å². The van der Waals surface area contributed by atoms with Crippen molar-refractivity contribution in [3.63, 3.8) is 0 Å². The number of unbranched alkanes of at least 4 members (excludes halogenated alkanes) is 1. The summed E-state index contributed by atoms with van der Waals surface area (Å²) >= 11 is 0. The third-order valence-electron chi connectivity index (χ3n) is 4.50. The zero-order chi connectivity index (χ0) is 15.1. The van der Waals surface area contributed by atoms with Crippen molar-refractivity contribution in [2.24, 2.45) is 5.92 Å². The molecule has 0 radical (unpaired) electrons. The largest absolute Gasteiger partial charge is 0.216 e. The second-order valence-corrected chi connectivity index (χ2v) is 5.86. The average Bonchev–Trinajstić information content (AvgIpc) is 2.52. The van der Waals surface area contributed by atoms with Gasteiger partial charge >= 0.3 is 0 Å². The molecule has 0 bridgehead atoms. The van der Waals surface area contributed by atoms with Gasteiger partial charge in [-0.05, 0) is 68.1 Å². The van der Waals surface area contributed by atoms with Gasteiger partial charge in [-0.15, -0.1) is 0 Å². The lowest BCUT2D eigenvalue weighted by atomic mass is 9.77. The van der Waals surface area contributed by atoms with E-state index in [4.69, 9.17) is 5.26 Å². The highest BCUT2D eigenvalue weighted by Crippen LogP contribution is 2.38. The highest BCUT2D eigenvalue weighted by molar-refractivity contribution is 5.34. The van der Waals surface area contributed by atoms with E-state index in [1.165, 1.54) is 6.07 Å². The highest BCUT2D eigenvalue weighted by atomic mass is 19.1. The number of allylic oxidation sites excluding steroid dienone is 1. The first-order valence-corrected chi connectivity index (χ1v) is 7.69. The summed E-state index contributed by atoms with van der Waals surface area (Å²) in [5.74, 6) is 0.724. The van der Waals surface area contributed by atoms with E-state index < -0.39 is 5.82 Å². The molecule has 1 nitrogen and oxygen atoms in total. The first-order chi connectivity index (χ1) is 10.2. The van der Waals surface area contributed by atoms with Crippen LogP contribution < -0.4 is 0 Å². The lowest BCUT2D eigenvalue weighted by Crippen LogP contribution is -2.13. The monoisotopic (exact) mass is 289 g/mol. The summed E-state index contributed by atoms with van der Waals surface area (Å²) in [4.78, 5) is 0. The zero-order valence-electron chi connectivity index (χ0n) is 12.2. The molecular weight excluding hydrogens is 268 g/mol. The minimum atomic E-state index is -0.407. The van der Waals surface area contributed by atoms with Gasteiger partial charge < -0.3 is 0 Å².